The first-order valence-electron chi connectivity index (χ1n) is 7.91. The van der Waals surface area contributed by atoms with Gasteiger partial charge in [-0.25, -0.2) is 9.78 Å². The van der Waals surface area contributed by atoms with E-state index in [1.54, 1.807) is 17.4 Å². The number of carbonyl (C=O) groups excluding carboxylic acids is 2. The van der Waals surface area contributed by atoms with Crippen LogP contribution < -0.4 is 16.0 Å². The molecule has 3 N–H and O–H groups in total. The number of aryl methyl sites for hydroxylation is 2. The lowest BCUT2D eigenvalue weighted by Crippen LogP contribution is -2.31. The minimum absolute atomic E-state index is 0.0108. The number of urea groups is 1. The topological polar surface area (TPSA) is 83.1 Å². The largest absolute Gasteiger partial charge is 0.337 e. The standard InChI is InChI=1S/C17H20N4O2S/c1-10(16-19-11(2)9-24-16)8-18-17(23)20-13-5-3-12-4-6-15(22)21-14(12)7-13/h3,5,7,9-10H,4,6,8H2,1-2H3,(H,21,22)(H2,18,20,23)/t10-/m1/s1. The highest BCUT2D eigenvalue weighted by Gasteiger charge is 2.16. The lowest BCUT2D eigenvalue weighted by atomic mass is 10.0. The van der Waals surface area contributed by atoms with Gasteiger partial charge >= 0.3 is 6.03 Å². The highest BCUT2D eigenvalue weighted by Crippen LogP contribution is 2.26. The molecule has 24 heavy (non-hydrogen) atoms. The third kappa shape index (κ3) is 3.91. The molecule has 1 aliphatic rings. The highest BCUT2D eigenvalue weighted by atomic mass is 32.1. The van der Waals surface area contributed by atoms with Gasteiger partial charge in [-0.3, -0.25) is 4.79 Å². The molecule has 7 heteroatoms. The SMILES string of the molecule is Cc1csc([C@H](C)CNC(=O)Nc2ccc3c(c2)NC(=O)CC3)n1. The number of anilines is 2. The van der Waals surface area contributed by atoms with Crippen molar-refractivity contribution in [3.05, 3.63) is 39.8 Å². The first-order chi connectivity index (χ1) is 11.5. The summed E-state index contributed by atoms with van der Waals surface area (Å²) in [6, 6.07) is 5.31. The molecular formula is C17H20N4O2S. The smallest absolute Gasteiger partial charge is 0.319 e. The van der Waals surface area contributed by atoms with Gasteiger partial charge < -0.3 is 16.0 Å². The highest BCUT2D eigenvalue weighted by molar-refractivity contribution is 7.09. The Morgan fingerprint density at radius 1 is 1.42 bits per heavy atom. The molecule has 0 fully saturated rings. The van der Waals surface area contributed by atoms with Crippen LogP contribution in [0.5, 0.6) is 0 Å². The van der Waals surface area contributed by atoms with Crippen LogP contribution in [0.4, 0.5) is 16.2 Å². The van der Waals surface area contributed by atoms with Crippen molar-refractivity contribution in [1.82, 2.24) is 10.3 Å². The fourth-order valence-electron chi connectivity index (χ4n) is 2.56. The second-order valence-corrected chi connectivity index (χ2v) is 6.87. The summed E-state index contributed by atoms with van der Waals surface area (Å²) >= 11 is 1.61. The monoisotopic (exact) mass is 344 g/mol. The number of thiazole rings is 1. The quantitative estimate of drug-likeness (QED) is 0.796. The van der Waals surface area contributed by atoms with E-state index in [2.05, 4.69) is 20.9 Å². The van der Waals surface area contributed by atoms with Crippen molar-refractivity contribution in [2.24, 2.45) is 0 Å². The van der Waals surface area contributed by atoms with Gasteiger partial charge in [0.1, 0.15) is 0 Å². The van der Waals surface area contributed by atoms with Crippen molar-refractivity contribution in [3.63, 3.8) is 0 Å². The van der Waals surface area contributed by atoms with Gasteiger partial charge in [-0.15, -0.1) is 11.3 Å². The Labute approximate surface area is 144 Å². The molecule has 0 saturated carbocycles. The van der Waals surface area contributed by atoms with Crippen molar-refractivity contribution in [2.75, 3.05) is 17.2 Å². The van der Waals surface area contributed by atoms with Crippen LogP contribution in [0.3, 0.4) is 0 Å². The van der Waals surface area contributed by atoms with Crippen LogP contribution in [-0.2, 0) is 11.2 Å². The van der Waals surface area contributed by atoms with Gasteiger partial charge in [0.2, 0.25) is 5.91 Å². The van der Waals surface area contributed by atoms with E-state index >= 15 is 0 Å². The molecule has 1 aromatic heterocycles. The van der Waals surface area contributed by atoms with Crippen LogP contribution in [-0.4, -0.2) is 23.5 Å². The maximum Gasteiger partial charge on any atom is 0.319 e. The Bertz CT molecular complexity index is 772. The first kappa shape index (κ1) is 16.4. The molecule has 2 aromatic rings. The number of nitrogens with zero attached hydrogens (tertiary/aromatic N) is 1. The number of hydrogen-bond donors (Lipinski definition) is 3. The van der Waals surface area contributed by atoms with Gasteiger partial charge in [-0.2, -0.15) is 0 Å². The number of carbonyl (C=O) groups is 2. The molecule has 126 valence electrons. The van der Waals surface area contributed by atoms with Crippen molar-refractivity contribution >= 4 is 34.6 Å². The molecule has 2 heterocycles. The number of hydrogen-bond acceptors (Lipinski definition) is 4. The molecule has 0 spiro atoms. The molecule has 1 atom stereocenters. The summed E-state index contributed by atoms with van der Waals surface area (Å²) in [5.41, 5.74) is 3.53. The Morgan fingerprint density at radius 2 is 2.25 bits per heavy atom. The van der Waals surface area contributed by atoms with Gasteiger partial charge in [-0.05, 0) is 31.0 Å². The maximum absolute atomic E-state index is 12.1. The molecule has 0 saturated heterocycles. The summed E-state index contributed by atoms with van der Waals surface area (Å²) in [4.78, 5) is 28.0. The van der Waals surface area contributed by atoms with Crippen molar-refractivity contribution < 1.29 is 9.59 Å². The third-order valence-electron chi connectivity index (χ3n) is 3.89. The Kier molecular flexibility index (Phi) is 4.80. The maximum atomic E-state index is 12.1. The van der Waals surface area contributed by atoms with Crippen LogP contribution in [0.15, 0.2) is 23.6 Å². The van der Waals surface area contributed by atoms with E-state index in [4.69, 9.17) is 0 Å². The Morgan fingerprint density at radius 3 is 3.00 bits per heavy atom. The van der Waals surface area contributed by atoms with Crippen LogP contribution in [0.2, 0.25) is 0 Å². The van der Waals surface area contributed by atoms with Gasteiger partial charge in [-0.1, -0.05) is 13.0 Å². The molecule has 1 aliphatic heterocycles. The number of nitrogens with one attached hydrogen (secondary N) is 3. The predicted octanol–water partition coefficient (Wildman–Crippen LogP) is 3.26. The van der Waals surface area contributed by atoms with Crippen molar-refractivity contribution in [1.29, 1.82) is 0 Å². The zero-order valence-electron chi connectivity index (χ0n) is 13.7. The van der Waals surface area contributed by atoms with Gasteiger partial charge in [0, 0.05) is 41.3 Å². The average Bonchev–Trinajstić information content (AvgIpc) is 2.99. The molecule has 0 unspecified atom stereocenters. The molecule has 0 bridgehead atoms. The van der Waals surface area contributed by atoms with E-state index < -0.39 is 0 Å². The minimum Gasteiger partial charge on any atom is -0.337 e. The van der Waals surface area contributed by atoms with Gasteiger partial charge in [0.05, 0.1) is 5.01 Å². The lowest BCUT2D eigenvalue weighted by Gasteiger charge is -2.18. The zero-order chi connectivity index (χ0) is 17.1. The summed E-state index contributed by atoms with van der Waals surface area (Å²) < 4.78 is 0. The second kappa shape index (κ2) is 7.00. The minimum atomic E-state index is -0.266. The van der Waals surface area contributed by atoms with Crippen molar-refractivity contribution in [3.8, 4) is 0 Å². The fourth-order valence-corrected chi connectivity index (χ4v) is 3.41. The zero-order valence-corrected chi connectivity index (χ0v) is 14.5. The van der Waals surface area contributed by atoms with Crippen LogP contribution in [0.1, 0.15) is 35.5 Å². The summed E-state index contributed by atoms with van der Waals surface area (Å²) in [5.74, 6) is 0.175. The van der Waals surface area contributed by atoms with E-state index in [1.807, 2.05) is 31.4 Å². The summed E-state index contributed by atoms with van der Waals surface area (Å²) in [6.45, 7) is 4.51. The lowest BCUT2D eigenvalue weighted by molar-refractivity contribution is -0.116. The number of fused-ring (bicyclic) bond motifs is 1. The summed E-state index contributed by atoms with van der Waals surface area (Å²) in [5, 5.41) is 11.5. The van der Waals surface area contributed by atoms with E-state index in [-0.39, 0.29) is 17.9 Å². The number of rotatable bonds is 4. The number of aromatic nitrogens is 1. The molecule has 0 radical (unpaired) electrons. The summed E-state index contributed by atoms with van der Waals surface area (Å²) in [6.07, 6.45) is 1.24. The van der Waals surface area contributed by atoms with Gasteiger partial charge in [0.25, 0.3) is 0 Å². The molecule has 0 aliphatic carbocycles. The normalized spacial score (nSPS) is 14.5. The predicted molar refractivity (Wildman–Crippen MR) is 95.7 cm³/mol. The van der Waals surface area contributed by atoms with Crippen LogP contribution >= 0.6 is 11.3 Å². The third-order valence-corrected chi connectivity index (χ3v) is 5.08. The van der Waals surface area contributed by atoms with Crippen LogP contribution in [0.25, 0.3) is 0 Å². The number of benzene rings is 1. The van der Waals surface area contributed by atoms with E-state index in [9.17, 15) is 9.59 Å². The van der Waals surface area contributed by atoms with Gasteiger partial charge in [0.15, 0.2) is 0 Å². The number of amides is 3. The van der Waals surface area contributed by atoms with E-state index in [0.717, 1.165) is 28.4 Å². The molecular weight excluding hydrogens is 324 g/mol. The Balaban J connectivity index is 1.55. The molecule has 3 amide bonds. The van der Waals surface area contributed by atoms with Crippen molar-refractivity contribution in [2.45, 2.75) is 32.6 Å². The fraction of sp³-hybridized carbons (Fsp3) is 0.353. The van der Waals surface area contributed by atoms with Crippen LogP contribution in [0, 0.1) is 6.92 Å². The Hall–Kier alpha value is -2.41. The molecule has 3 rings (SSSR count). The average molecular weight is 344 g/mol. The first-order valence-corrected chi connectivity index (χ1v) is 8.79. The molecule has 6 nitrogen and oxygen atoms in total. The second-order valence-electron chi connectivity index (χ2n) is 5.98. The van der Waals surface area contributed by atoms with E-state index in [1.165, 1.54) is 0 Å². The summed E-state index contributed by atoms with van der Waals surface area (Å²) in [7, 11) is 0. The van der Waals surface area contributed by atoms with E-state index in [0.29, 0.717) is 18.7 Å². The molecule has 1 aromatic carbocycles.